The molecule has 0 aliphatic rings. The summed E-state index contributed by atoms with van der Waals surface area (Å²) < 4.78 is 24.9. The second kappa shape index (κ2) is 5.86. The number of hydrogen-bond acceptors (Lipinski definition) is 5. The molecule has 0 saturated heterocycles. The van der Waals surface area contributed by atoms with Gasteiger partial charge in [0, 0.05) is 41.1 Å². The van der Waals surface area contributed by atoms with Crippen molar-refractivity contribution in [1.29, 1.82) is 0 Å². The lowest BCUT2D eigenvalue weighted by Crippen LogP contribution is -2.14. The summed E-state index contributed by atoms with van der Waals surface area (Å²) in [4.78, 5) is 12.9. The van der Waals surface area contributed by atoms with Gasteiger partial charge in [0.2, 0.25) is 0 Å². The van der Waals surface area contributed by atoms with E-state index in [-0.39, 0.29) is 5.03 Å². The van der Waals surface area contributed by atoms with Gasteiger partial charge >= 0.3 is 0 Å². The van der Waals surface area contributed by atoms with E-state index in [4.69, 9.17) is 5.14 Å². The van der Waals surface area contributed by atoms with E-state index in [1.165, 1.54) is 12.3 Å². The van der Waals surface area contributed by atoms with Crippen LogP contribution in [0.1, 0.15) is 17.0 Å². The van der Waals surface area contributed by atoms with Crippen molar-refractivity contribution in [2.75, 3.05) is 0 Å². The van der Waals surface area contributed by atoms with Gasteiger partial charge in [0.05, 0.1) is 5.52 Å². The molecule has 0 unspecified atom stereocenters. The molecular formula is C18H17N5O2S. The predicted molar refractivity (Wildman–Crippen MR) is 99.2 cm³/mol. The van der Waals surface area contributed by atoms with Crippen molar-refractivity contribution in [2.24, 2.45) is 5.14 Å². The molecule has 0 amide bonds. The number of hydrogen-bond donors (Lipinski definition) is 1. The van der Waals surface area contributed by atoms with Crippen molar-refractivity contribution in [1.82, 2.24) is 19.5 Å². The summed E-state index contributed by atoms with van der Waals surface area (Å²) in [5.41, 5.74) is 4.63. The highest BCUT2D eigenvalue weighted by Crippen LogP contribution is 2.27. The molecule has 0 atom stereocenters. The summed E-state index contributed by atoms with van der Waals surface area (Å²) in [7, 11) is -3.79. The summed E-state index contributed by atoms with van der Waals surface area (Å²) in [6.07, 6.45) is 3.37. The van der Waals surface area contributed by atoms with Crippen molar-refractivity contribution >= 4 is 32.0 Å². The summed E-state index contributed by atoms with van der Waals surface area (Å²) in [5.74, 6) is 0. The minimum atomic E-state index is -3.79. The van der Waals surface area contributed by atoms with Gasteiger partial charge in [-0.3, -0.25) is 0 Å². The van der Waals surface area contributed by atoms with Gasteiger partial charge in [-0.05, 0) is 43.7 Å². The quantitative estimate of drug-likeness (QED) is 0.598. The molecule has 4 aromatic rings. The molecule has 0 bridgehead atoms. The van der Waals surface area contributed by atoms with Gasteiger partial charge in [-0.2, -0.15) is 0 Å². The average molecular weight is 367 g/mol. The third-order valence-corrected chi connectivity index (χ3v) is 5.18. The van der Waals surface area contributed by atoms with E-state index in [2.05, 4.69) is 25.6 Å². The maximum absolute atomic E-state index is 11.4. The Labute approximate surface area is 150 Å². The monoisotopic (exact) mass is 367 g/mol. The van der Waals surface area contributed by atoms with Crippen LogP contribution in [0.5, 0.6) is 0 Å². The number of aromatic nitrogens is 4. The molecule has 0 aliphatic heterocycles. The number of nitrogens with zero attached hydrogens (tertiary/aromatic N) is 4. The van der Waals surface area contributed by atoms with Gasteiger partial charge < -0.3 is 4.57 Å². The number of primary sulfonamides is 1. The van der Waals surface area contributed by atoms with E-state index in [0.717, 1.165) is 33.2 Å². The van der Waals surface area contributed by atoms with Crippen molar-refractivity contribution in [3.05, 3.63) is 59.7 Å². The number of rotatable bonds is 3. The van der Waals surface area contributed by atoms with Crippen molar-refractivity contribution in [2.45, 2.75) is 25.4 Å². The second-order valence-electron chi connectivity index (χ2n) is 6.31. The highest BCUT2D eigenvalue weighted by Gasteiger charge is 2.13. The Morgan fingerprint density at radius 3 is 2.58 bits per heavy atom. The highest BCUT2D eigenvalue weighted by molar-refractivity contribution is 7.89. The van der Waals surface area contributed by atoms with Crippen LogP contribution < -0.4 is 5.14 Å². The van der Waals surface area contributed by atoms with Gasteiger partial charge in [-0.25, -0.2) is 28.5 Å². The first-order valence-electron chi connectivity index (χ1n) is 8.03. The second-order valence-corrected chi connectivity index (χ2v) is 7.82. The van der Waals surface area contributed by atoms with Crippen LogP contribution in [-0.2, 0) is 16.6 Å². The Morgan fingerprint density at radius 1 is 1.08 bits per heavy atom. The highest BCUT2D eigenvalue weighted by atomic mass is 32.2. The van der Waals surface area contributed by atoms with Crippen molar-refractivity contribution in [3.8, 4) is 0 Å². The van der Waals surface area contributed by atoms with Crippen molar-refractivity contribution < 1.29 is 8.42 Å². The van der Waals surface area contributed by atoms with Crippen LogP contribution >= 0.6 is 0 Å². The number of aryl methyl sites for hydroxylation is 2. The molecule has 132 valence electrons. The largest absolute Gasteiger partial charge is 0.340 e. The molecule has 4 heterocycles. The number of nitrogens with two attached hydrogens (primary N) is 1. The fourth-order valence-electron chi connectivity index (χ4n) is 3.12. The van der Waals surface area contributed by atoms with E-state index in [1.54, 1.807) is 6.07 Å². The van der Waals surface area contributed by atoms with Crippen LogP contribution in [0, 0.1) is 13.8 Å². The van der Waals surface area contributed by atoms with Crippen LogP contribution in [0.4, 0.5) is 0 Å². The Bertz CT molecular complexity index is 1240. The lowest BCUT2D eigenvalue weighted by atomic mass is 10.2. The molecule has 0 aromatic carbocycles. The summed E-state index contributed by atoms with van der Waals surface area (Å²) >= 11 is 0. The van der Waals surface area contributed by atoms with Gasteiger partial charge in [0.15, 0.2) is 10.7 Å². The molecule has 0 aliphatic carbocycles. The Kier molecular flexibility index (Phi) is 3.74. The Hall–Kier alpha value is -2.84. The van der Waals surface area contributed by atoms with Gasteiger partial charge in [-0.15, -0.1) is 0 Å². The minimum Gasteiger partial charge on any atom is -0.340 e. The topological polar surface area (TPSA) is 104 Å². The van der Waals surface area contributed by atoms with Gasteiger partial charge in [0.25, 0.3) is 10.0 Å². The number of sulfonamides is 1. The number of fused-ring (bicyclic) bond motifs is 3. The van der Waals surface area contributed by atoms with Crippen LogP contribution in [0.25, 0.3) is 21.9 Å². The van der Waals surface area contributed by atoms with Crippen LogP contribution in [0.3, 0.4) is 0 Å². The zero-order valence-corrected chi connectivity index (χ0v) is 15.2. The van der Waals surface area contributed by atoms with E-state index in [1.807, 2.05) is 32.2 Å². The third-order valence-electron chi connectivity index (χ3n) is 4.36. The molecule has 4 rings (SSSR count). The molecule has 7 nitrogen and oxygen atoms in total. The maximum atomic E-state index is 11.4. The molecule has 0 saturated carbocycles. The van der Waals surface area contributed by atoms with E-state index in [9.17, 15) is 8.42 Å². The number of pyridine rings is 3. The molecule has 0 fully saturated rings. The average Bonchev–Trinajstić information content (AvgIpc) is 2.90. The Morgan fingerprint density at radius 2 is 1.88 bits per heavy atom. The van der Waals surface area contributed by atoms with Crippen LogP contribution in [0.15, 0.2) is 47.8 Å². The zero-order chi connectivity index (χ0) is 18.5. The van der Waals surface area contributed by atoms with Crippen molar-refractivity contribution in [3.63, 3.8) is 0 Å². The molecule has 0 spiro atoms. The minimum absolute atomic E-state index is 0.135. The predicted octanol–water partition coefficient (Wildman–Crippen LogP) is 2.29. The van der Waals surface area contributed by atoms with Gasteiger partial charge in [-0.1, -0.05) is 6.07 Å². The first-order chi connectivity index (χ1) is 12.3. The first-order valence-corrected chi connectivity index (χ1v) is 9.57. The Balaban J connectivity index is 1.84. The van der Waals surface area contributed by atoms with E-state index in [0.29, 0.717) is 12.2 Å². The fraction of sp³-hybridized carbons (Fsp3) is 0.167. The molecule has 8 heteroatoms. The SMILES string of the molecule is Cc1ccc2c(ncc3cc(C)n(Cc4ccc(S(N)(=O)=O)nc4)c32)n1. The molecule has 26 heavy (non-hydrogen) atoms. The lowest BCUT2D eigenvalue weighted by Gasteiger charge is -2.10. The zero-order valence-electron chi connectivity index (χ0n) is 14.3. The standard InChI is InChI=1S/C18H17N5O2S/c1-11-3-5-15-17-14(9-21-18(15)22-11)7-12(2)23(17)10-13-4-6-16(20-8-13)26(19,24)25/h3-9H,10H2,1-2H3,(H2,19,24,25). The summed E-state index contributed by atoms with van der Waals surface area (Å²) in [6, 6.07) is 9.23. The molecule has 4 aromatic heterocycles. The molecule has 2 N–H and O–H groups in total. The van der Waals surface area contributed by atoms with Crippen LogP contribution in [0.2, 0.25) is 0 Å². The fourth-order valence-corrected chi connectivity index (χ4v) is 3.58. The lowest BCUT2D eigenvalue weighted by molar-refractivity contribution is 0.594. The van der Waals surface area contributed by atoms with Gasteiger partial charge in [0.1, 0.15) is 0 Å². The maximum Gasteiger partial charge on any atom is 0.255 e. The first kappa shape index (κ1) is 16.6. The molecular weight excluding hydrogens is 350 g/mol. The van der Waals surface area contributed by atoms with E-state index < -0.39 is 10.0 Å². The third kappa shape index (κ3) is 2.83. The summed E-state index contributed by atoms with van der Waals surface area (Å²) in [6.45, 7) is 4.52. The summed E-state index contributed by atoms with van der Waals surface area (Å²) in [5, 5.41) is 6.99. The molecule has 0 radical (unpaired) electrons. The smallest absolute Gasteiger partial charge is 0.255 e. The van der Waals surface area contributed by atoms with Crippen LogP contribution in [-0.4, -0.2) is 27.9 Å². The normalized spacial score (nSPS) is 12.1. The van der Waals surface area contributed by atoms with E-state index >= 15 is 0 Å².